The van der Waals surface area contributed by atoms with Crippen LogP contribution in [0.4, 0.5) is 0 Å². The third kappa shape index (κ3) is 4.31. The van der Waals surface area contributed by atoms with E-state index in [-0.39, 0.29) is 17.7 Å². The summed E-state index contributed by atoms with van der Waals surface area (Å²) in [5.74, 6) is -0.0341. The van der Waals surface area contributed by atoms with Gasteiger partial charge in [0.1, 0.15) is 0 Å². The van der Waals surface area contributed by atoms with Crippen molar-refractivity contribution in [3.8, 4) is 11.1 Å². The summed E-state index contributed by atoms with van der Waals surface area (Å²) in [5.41, 5.74) is 3.44. The van der Waals surface area contributed by atoms with Crippen molar-refractivity contribution >= 4 is 11.8 Å². The molecule has 0 saturated carbocycles. The number of carbonyl (C=O) groups is 2. The van der Waals surface area contributed by atoms with E-state index in [1.165, 1.54) is 0 Å². The van der Waals surface area contributed by atoms with Gasteiger partial charge in [-0.15, -0.1) is 0 Å². The molecule has 1 N–H and O–H groups in total. The molecule has 3 rings (SSSR count). The summed E-state index contributed by atoms with van der Waals surface area (Å²) in [6.07, 6.45) is 2.01. The zero-order chi connectivity index (χ0) is 18.4. The second kappa shape index (κ2) is 8.65. The van der Waals surface area contributed by atoms with Crippen LogP contribution in [0.2, 0.25) is 0 Å². The molecule has 0 unspecified atom stereocenters. The van der Waals surface area contributed by atoms with Gasteiger partial charge in [-0.2, -0.15) is 0 Å². The van der Waals surface area contributed by atoms with E-state index in [0.29, 0.717) is 32.5 Å². The first-order valence-electron chi connectivity index (χ1n) is 9.38. The maximum Gasteiger partial charge on any atom is 0.225 e. The van der Waals surface area contributed by atoms with Crippen LogP contribution in [0.5, 0.6) is 0 Å². The van der Waals surface area contributed by atoms with Crippen LogP contribution in [0.15, 0.2) is 54.6 Å². The monoisotopic (exact) mass is 350 g/mol. The molecule has 2 aromatic rings. The molecule has 1 atom stereocenters. The predicted molar refractivity (Wildman–Crippen MR) is 104 cm³/mol. The number of nitrogens with one attached hydrogen (secondary N) is 1. The Bertz CT molecular complexity index is 758. The fraction of sp³-hybridized carbons (Fsp3) is 0.364. The van der Waals surface area contributed by atoms with Crippen LogP contribution in [0.25, 0.3) is 11.1 Å². The van der Waals surface area contributed by atoms with Crippen LogP contribution in [0, 0.1) is 5.92 Å². The molecule has 2 amide bonds. The van der Waals surface area contributed by atoms with Crippen LogP contribution < -0.4 is 5.32 Å². The molecule has 1 heterocycles. The van der Waals surface area contributed by atoms with Gasteiger partial charge in [-0.25, -0.2) is 0 Å². The molecule has 1 saturated heterocycles. The Balaban J connectivity index is 1.83. The lowest BCUT2D eigenvalue weighted by atomic mass is 9.91. The van der Waals surface area contributed by atoms with Gasteiger partial charge in [0.05, 0.1) is 5.92 Å². The largest absolute Gasteiger partial charge is 0.354 e. The van der Waals surface area contributed by atoms with Crippen molar-refractivity contribution in [3.05, 3.63) is 60.2 Å². The first-order valence-corrected chi connectivity index (χ1v) is 9.38. The maximum absolute atomic E-state index is 12.5. The smallest absolute Gasteiger partial charge is 0.225 e. The van der Waals surface area contributed by atoms with E-state index in [1.54, 1.807) is 0 Å². The minimum absolute atomic E-state index is 0.0414. The summed E-state index contributed by atoms with van der Waals surface area (Å²) < 4.78 is 0. The zero-order valence-electron chi connectivity index (χ0n) is 15.3. The van der Waals surface area contributed by atoms with Crippen molar-refractivity contribution in [1.29, 1.82) is 0 Å². The molecule has 0 bridgehead atoms. The average Bonchev–Trinajstić information content (AvgIpc) is 2.85. The van der Waals surface area contributed by atoms with E-state index in [9.17, 15) is 9.59 Å². The Labute approximate surface area is 155 Å². The lowest BCUT2D eigenvalue weighted by Crippen LogP contribution is -2.37. The van der Waals surface area contributed by atoms with Crippen LogP contribution in [0.1, 0.15) is 25.3 Å². The number of hydrogen-bond acceptors (Lipinski definition) is 2. The predicted octanol–water partition coefficient (Wildman–Crippen LogP) is 3.27. The highest BCUT2D eigenvalue weighted by molar-refractivity contribution is 5.82. The molecule has 0 aliphatic carbocycles. The van der Waals surface area contributed by atoms with Gasteiger partial charge in [0.2, 0.25) is 11.8 Å². The molecule has 4 nitrogen and oxygen atoms in total. The molecule has 26 heavy (non-hydrogen) atoms. The van der Waals surface area contributed by atoms with Gasteiger partial charge in [0.25, 0.3) is 0 Å². The SMILES string of the molecule is CCCC(=O)N1CCNC(=O)[C@H](Cc2ccccc2-c2ccccc2)C1. The summed E-state index contributed by atoms with van der Waals surface area (Å²) in [6.45, 7) is 3.63. The van der Waals surface area contributed by atoms with Gasteiger partial charge in [0.15, 0.2) is 0 Å². The highest BCUT2D eigenvalue weighted by Gasteiger charge is 2.28. The highest BCUT2D eigenvalue weighted by atomic mass is 16.2. The Kier molecular flexibility index (Phi) is 6.05. The summed E-state index contributed by atoms with van der Waals surface area (Å²) in [4.78, 5) is 26.7. The average molecular weight is 350 g/mol. The van der Waals surface area contributed by atoms with Gasteiger partial charge < -0.3 is 10.2 Å². The third-order valence-electron chi connectivity index (χ3n) is 4.88. The highest BCUT2D eigenvalue weighted by Crippen LogP contribution is 2.26. The Morgan fingerprint density at radius 3 is 2.62 bits per heavy atom. The number of carbonyl (C=O) groups excluding carboxylic acids is 2. The topological polar surface area (TPSA) is 49.4 Å². The lowest BCUT2D eigenvalue weighted by Gasteiger charge is -2.23. The molecule has 2 aromatic carbocycles. The second-order valence-electron chi connectivity index (χ2n) is 6.81. The molecular weight excluding hydrogens is 324 g/mol. The molecule has 1 aliphatic rings. The molecule has 0 spiro atoms. The van der Waals surface area contributed by atoms with Gasteiger partial charge in [0, 0.05) is 26.1 Å². The van der Waals surface area contributed by atoms with Crippen molar-refractivity contribution in [1.82, 2.24) is 10.2 Å². The van der Waals surface area contributed by atoms with Crippen molar-refractivity contribution in [2.75, 3.05) is 19.6 Å². The number of nitrogens with zero attached hydrogens (tertiary/aromatic N) is 1. The van der Waals surface area contributed by atoms with Gasteiger partial charge in [-0.05, 0) is 29.5 Å². The molecular formula is C22H26N2O2. The van der Waals surface area contributed by atoms with Crippen LogP contribution in [0.3, 0.4) is 0 Å². The fourth-order valence-corrected chi connectivity index (χ4v) is 3.52. The summed E-state index contributed by atoms with van der Waals surface area (Å²) in [7, 11) is 0. The van der Waals surface area contributed by atoms with Crippen LogP contribution >= 0.6 is 0 Å². The van der Waals surface area contributed by atoms with Crippen LogP contribution in [-0.4, -0.2) is 36.3 Å². The second-order valence-corrected chi connectivity index (χ2v) is 6.81. The first-order chi connectivity index (χ1) is 12.7. The number of rotatable bonds is 5. The van der Waals surface area contributed by atoms with E-state index in [0.717, 1.165) is 23.1 Å². The normalized spacial score (nSPS) is 17.5. The van der Waals surface area contributed by atoms with Crippen molar-refractivity contribution < 1.29 is 9.59 Å². The molecule has 136 valence electrons. The van der Waals surface area contributed by atoms with E-state index in [4.69, 9.17) is 0 Å². The van der Waals surface area contributed by atoms with Crippen molar-refractivity contribution in [2.45, 2.75) is 26.2 Å². The summed E-state index contributed by atoms with van der Waals surface area (Å²) in [5, 5.41) is 2.97. The summed E-state index contributed by atoms with van der Waals surface area (Å²) in [6, 6.07) is 18.4. The number of benzene rings is 2. The van der Waals surface area contributed by atoms with Crippen LogP contribution in [-0.2, 0) is 16.0 Å². The zero-order valence-corrected chi connectivity index (χ0v) is 15.3. The van der Waals surface area contributed by atoms with Gasteiger partial charge in [-0.1, -0.05) is 61.5 Å². The maximum atomic E-state index is 12.5. The van der Waals surface area contributed by atoms with E-state index >= 15 is 0 Å². The number of hydrogen-bond donors (Lipinski definition) is 1. The van der Waals surface area contributed by atoms with Gasteiger partial charge in [-0.3, -0.25) is 9.59 Å². The minimum atomic E-state index is -0.219. The lowest BCUT2D eigenvalue weighted by molar-refractivity contribution is -0.132. The number of amides is 2. The fourth-order valence-electron chi connectivity index (χ4n) is 3.52. The molecule has 4 heteroatoms. The quantitative estimate of drug-likeness (QED) is 0.900. The van der Waals surface area contributed by atoms with Gasteiger partial charge >= 0.3 is 0 Å². The Morgan fingerprint density at radius 1 is 1.12 bits per heavy atom. The molecule has 1 fully saturated rings. The van der Waals surface area contributed by atoms with Crippen molar-refractivity contribution in [3.63, 3.8) is 0 Å². The van der Waals surface area contributed by atoms with E-state index in [2.05, 4.69) is 29.6 Å². The minimum Gasteiger partial charge on any atom is -0.354 e. The van der Waals surface area contributed by atoms with E-state index in [1.807, 2.05) is 42.2 Å². The third-order valence-corrected chi connectivity index (χ3v) is 4.88. The van der Waals surface area contributed by atoms with E-state index < -0.39 is 0 Å². The standard InChI is InChI=1S/C22H26N2O2/c1-2-8-21(25)24-14-13-23-22(26)19(16-24)15-18-11-6-7-12-20(18)17-9-4-3-5-10-17/h3-7,9-12,19H,2,8,13-16H2,1H3,(H,23,26)/t19-/m1/s1. The molecule has 0 radical (unpaired) electrons. The van der Waals surface area contributed by atoms with Crippen molar-refractivity contribution in [2.24, 2.45) is 5.92 Å². The Hall–Kier alpha value is -2.62. The molecule has 0 aromatic heterocycles. The Morgan fingerprint density at radius 2 is 1.85 bits per heavy atom. The summed E-state index contributed by atoms with van der Waals surface area (Å²) >= 11 is 0. The molecule has 1 aliphatic heterocycles. The first kappa shape index (κ1) is 18.2.